The maximum absolute atomic E-state index is 4.19. The van der Waals surface area contributed by atoms with E-state index in [9.17, 15) is 0 Å². The zero-order valence-electron chi connectivity index (χ0n) is 8.80. The van der Waals surface area contributed by atoms with Crippen molar-refractivity contribution in [2.24, 2.45) is 5.10 Å². The highest BCUT2D eigenvalue weighted by atomic mass is 15.6. The van der Waals surface area contributed by atoms with E-state index in [0.717, 1.165) is 5.56 Å². The second-order valence-electron chi connectivity index (χ2n) is 3.37. The SMILES string of the molecule is C(=N\n1nnc2cncnc21)/c1ccccc1. The molecule has 0 N–H and O–H groups in total. The highest BCUT2D eigenvalue weighted by Gasteiger charge is 2.02. The Labute approximate surface area is 96.6 Å². The molecule has 0 fully saturated rings. The lowest BCUT2D eigenvalue weighted by atomic mass is 10.2. The van der Waals surface area contributed by atoms with Gasteiger partial charge in [-0.05, 0) is 10.8 Å². The van der Waals surface area contributed by atoms with Crippen LogP contribution in [0.5, 0.6) is 0 Å². The number of nitrogens with zero attached hydrogens (tertiary/aromatic N) is 6. The normalized spacial score (nSPS) is 11.3. The van der Waals surface area contributed by atoms with Gasteiger partial charge in [0.05, 0.1) is 12.4 Å². The molecule has 1 aromatic carbocycles. The topological polar surface area (TPSA) is 68.8 Å². The molecule has 3 rings (SSSR count). The first-order chi connectivity index (χ1) is 8.43. The largest absolute Gasteiger partial charge is 0.242 e. The molecule has 0 aliphatic heterocycles. The molecular formula is C11H8N6. The Balaban J connectivity index is 1.98. The number of fused-ring (bicyclic) bond motifs is 1. The van der Waals surface area contributed by atoms with Crippen molar-refractivity contribution in [1.29, 1.82) is 0 Å². The molecule has 0 aliphatic rings. The summed E-state index contributed by atoms with van der Waals surface area (Å²) >= 11 is 0. The van der Waals surface area contributed by atoms with Crippen molar-refractivity contribution >= 4 is 17.4 Å². The van der Waals surface area contributed by atoms with E-state index in [1.165, 1.54) is 11.1 Å². The fourth-order valence-electron chi connectivity index (χ4n) is 1.41. The van der Waals surface area contributed by atoms with Crippen LogP contribution >= 0.6 is 0 Å². The molecule has 0 saturated carbocycles. The van der Waals surface area contributed by atoms with E-state index >= 15 is 0 Å². The summed E-state index contributed by atoms with van der Waals surface area (Å²) in [5.41, 5.74) is 2.20. The van der Waals surface area contributed by atoms with Gasteiger partial charge in [0.25, 0.3) is 0 Å². The minimum absolute atomic E-state index is 0.590. The second kappa shape index (κ2) is 4.09. The predicted molar refractivity (Wildman–Crippen MR) is 62.6 cm³/mol. The van der Waals surface area contributed by atoms with Crippen LogP contribution in [0.1, 0.15) is 5.56 Å². The quantitative estimate of drug-likeness (QED) is 0.611. The molecule has 6 nitrogen and oxygen atoms in total. The fourth-order valence-corrected chi connectivity index (χ4v) is 1.41. The summed E-state index contributed by atoms with van der Waals surface area (Å²) in [5.74, 6) is 0. The van der Waals surface area contributed by atoms with Gasteiger partial charge in [0.15, 0.2) is 5.52 Å². The fraction of sp³-hybridized carbons (Fsp3) is 0. The third-order valence-electron chi connectivity index (χ3n) is 2.21. The summed E-state index contributed by atoms with van der Waals surface area (Å²) in [6.07, 6.45) is 4.75. The Morgan fingerprint density at radius 2 is 2.06 bits per heavy atom. The highest BCUT2D eigenvalue weighted by molar-refractivity contribution is 5.79. The number of hydrogen-bond donors (Lipinski definition) is 0. The van der Waals surface area contributed by atoms with Gasteiger partial charge in [-0.2, -0.15) is 5.10 Å². The van der Waals surface area contributed by atoms with E-state index in [1.807, 2.05) is 30.3 Å². The van der Waals surface area contributed by atoms with Gasteiger partial charge in [0, 0.05) is 0 Å². The zero-order valence-corrected chi connectivity index (χ0v) is 8.80. The zero-order chi connectivity index (χ0) is 11.5. The van der Waals surface area contributed by atoms with Crippen LogP contribution in [0.25, 0.3) is 11.2 Å². The number of rotatable bonds is 2. The predicted octanol–water partition coefficient (Wildman–Crippen LogP) is 1.10. The lowest BCUT2D eigenvalue weighted by Gasteiger charge is -1.92. The lowest BCUT2D eigenvalue weighted by molar-refractivity contribution is 0.711. The Hall–Kier alpha value is -2.63. The molecule has 17 heavy (non-hydrogen) atoms. The summed E-state index contributed by atoms with van der Waals surface area (Å²) in [5, 5.41) is 12.0. The lowest BCUT2D eigenvalue weighted by Crippen LogP contribution is -1.94. The summed E-state index contributed by atoms with van der Waals surface area (Å²) in [6.45, 7) is 0. The van der Waals surface area contributed by atoms with Crippen molar-refractivity contribution < 1.29 is 0 Å². The van der Waals surface area contributed by atoms with Crippen molar-refractivity contribution in [2.45, 2.75) is 0 Å². The van der Waals surface area contributed by atoms with Crippen LogP contribution in [0.15, 0.2) is 48.0 Å². The van der Waals surface area contributed by atoms with Crippen LogP contribution in [0.2, 0.25) is 0 Å². The maximum Gasteiger partial charge on any atom is 0.207 e. The van der Waals surface area contributed by atoms with E-state index in [0.29, 0.717) is 11.2 Å². The van der Waals surface area contributed by atoms with Crippen LogP contribution in [-0.2, 0) is 0 Å². The number of hydrogen-bond acceptors (Lipinski definition) is 5. The van der Waals surface area contributed by atoms with Gasteiger partial charge in [0.2, 0.25) is 5.65 Å². The van der Waals surface area contributed by atoms with E-state index < -0.39 is 0 Å². The van der Waals surface area contributed by atoms with Gasteiger partial charge in [-0.15, -0.1) is 9.89 Å². The molecule has 2 heterocycles. The van der Waals surface area contributed by atoms with Crippen molar-refractivity contribution in [3.05, 3.63) is 48.4 Å². The molecule has 0 bridgehead atoms. The first kappa shape index (κ1) is 9.59. The van der Waals surface area contributed by atoms with Crippen molar-refractivity contribution in [2.75, 3.05) is 0 Å². The molecule has 0 amide bonds. The Morgan fingerprint density at radius 3 is 2.94 bits per heavy atom. The molecule has 0 atom stereocenters. The van der Waals surface area contributed by atoms with Crippen LogP contribution in [0.3, 0.4) is 0 Å². The van der Waals surface area contributed by atoms with E-state index in [-0.39, 0.29) is 0 Å². The molecular weight excluding hydrogens is 216 g/mol. The first-order valence-corrected chi connectivity index (χ1v) is 5.04. The first-order valence-electron chi connectivity index (χ1n) is 5.04. The third kappa shape index (κ3) is 1.87. The van der Waals surface area contributed by atoms with Gasteiger partial charge in [0.1, 0.15) is 6.33 Å². The standard InChI is InChI=1S/C11H8N6/c1-2-4-9(5-3-1)6-14-17-11-10(15-16-17)7-12-8-13-11/h1-8H/b14-6+. The van der Waals surface area contributed by atoms with Crippen LogP contribution in [-0.4, -0.2) is 31.3 Å². The minimum Gasteiger partial charge on any atom is -0.242 e. The van der Waals surface area contributed by atoms with Crippen LogP contribution in [0.4, 0.5) is 0 Å². The molecule has 3 aromatic rings. The van der Waals surface area contributed by atoms with Gasteiger partial charge >= 0.3 is 0 Å². The van der Waals surface area contributed by atoms with Crippen molar-refractivity contribution in [3.63, 3.8) is 0 Å². The van der Waals surface area contributed by atoms with E-state index in [1.54, 1.807) is 12.4 Å². The van der Waals surface area contributed by atoms with Gasteiger partial charge in [-0.1, -0.05) is 30.3 Å². The van der Waals surface area contributed by atoms with Gasteiger partial charge < -0.3 is 0 Å². The summed E-state index contributed by atoms with van der Waals surface area (Å²) in [6, 6.07) is 9.76. The third-order valence-corrected chi connectivity index (χ3v) is 2.21. The number of aromatic nitrogens is 5. The smallest absolute Gasteiger partial charge is 0.207 e. The Morgan fingerprint density at radius 1 is 1.18 bits per heavy atom. The van der Waals surface area contributed by atoms with E-state index in [4.69, 9.17) is 0 Å². The van der Waals surface area contributed by atoms with Gasteiger partial charge in [-0.3, -0.25) is 0 Å². The molecule has 0 saturated heterocycles. The second-order valence-corrected chi connectivity index (χ2v) is 3.37. The van der Waals surface area contributed by atoms with Crippen molar-refractivity contribution in [3.8, 4) is 0 Å². The van der Waals surface area contributed by atoms with E-state index in [2.05, 4.69) is 25.4 Å². The van der Waals surface area contributed by atoms with Crippen LogP contribution in [0, 0.1) is 0 Å². The minimum atomic E-state index is 0.590. The molecule has 0 unspecified atom stereocenters. The highest BCUT2D eigenvalue weighted by Crippen LogP contribution is 2.04. The molecule has 82 valence electrons. The van der Waals surface area contributed by atoms with Crippen LogP contribution < -0.4 is 0 Å². The summed E-state index contributed by atoms with van der Waals surface area (Å²) in [7, 11) is 0. The average molecular weight is 224 g/mol. The molecule has 0 spiro atoms. The summed E-state index contributed by atoms with van der Waals surface area (Å²) in [4.78, 5) is 9.31. The summed E-state index contributed by atoms with van der Waals surface area (Å²) < 4.78 is 0. The Bertz CT molecular complexity index is 658. The Kier molecular flexibility index (Phi) is 2.31. The van der Waals surface area contributed by atoms with Crippen molar-refractivity contribution in [1.82, 2.24) is 25.1 Å². The maximum atomic E-state index is 4.19. The monoisotopic (exact) mass is 224 g/mol. The number of benzene rings is 1. The molecule has 2 aromatic heterocycles. The van der Waals surface area contributed by atoms with Gasteiger partial charge in [-0.25, -0.2) is 9.97 Å². The molecule has 0 aliphatic carbocycles. The molecule has 0 radical (unpaired) electrons. The average Bonchev–Trinajstić information content (AvgIpc) is 2.81. The molecule has 6 heteroatoms.